The molecule has 8 heteroatoms. The fourth-order valence-electron chi connectivity index (χ4n) is 3.06. The molecule has 1 aliphatic heterocycles. The summed E-state index contributed by atoms with van der Waals surface area (Å²) in [6.07, 6.45) is -4.33. The first-order valence-corrected chi connectivity index (χ1v) is 8.97. The molecule has 0 radical (unpaired) electrons. The van der Waals surface area contributed by atoms with E-state index in [0.717, 1.165) is 23.3 Å². The number of alkyl halides is 3. The van der Waals surface area contributed by atoms with Crippen molar-refractivity contribution >= 4 is 6.03 Å². The van der Waals surface area contributed by atoms with Gasteiger partial charge in [-0.2, -0.15) is 13.2 Å². The molecule has 0 aliphatic carbocycles. The number of carbonyl (C=O) groups excluding carboxylic acids is 1. The molecule has 150 valence electrons. The Bertz CT molecular complexity index is 783. The van der Waals surface area contributed by atoms with E-state index in [2.05, 4.69) is 10.2 Å². The average molecular weight is 395 g/mol. The number of nitrogens with one attached hydrogen (secondary N) is 1. The maximum absolute atomic E-state index is 12.9. The van der Waals surface area contributed by atoms with Gasteiger partial charge in [-0.15, -0.1) is 0 Å². The lowest BCUT2D eigenvalue weighted by Crippen LogP contribution is -2.51. The van der Waals surface area contributed by atoms with Crippen molar-refractivity contribution in [3.63, 3.8) is 0 Å². The third-order valence-corrected chi connectivity index (χ3v) is 4.70. The number of halogens is 4. The van der Waals surface area contributed by atoms with Crippen LogP contribution in [0.15, 0.2) is 48.5 Å². The van der Waals surface area contributed by atoms with Gasteiger partial charge in [0.1, 0.15) is 5.82 Å². The quantitative estimate of drug-likeness (QED) is 0.798. The molecule has 4 nitrogen and oxygen atoms in total. The van der Waals surface area contributed by atoms with Crippen LogP contribution in [0.1, 0.15) is 16.7 Å². The second-order valence-corrected chi connectivity index (χ2v) is 6.74. The molecule has 1 fully saturated rings. The van der Waals surface area contributed by atoms with E-state index in [4.69, 9.17) is 0 Å². The summed E-state index contributed by atoms with van der Waals surface area (Å²) in [6, 6.07) is 10.9. The lowest BCUT2D eigenvalue weighted by molar-refractivity contribution is -0.137. The SMILES string of the molecule is O=C(NCc1ccc(F)cc1)N1CCN(Cc2ccc(C(F)(F)F)cc2)CC1. The number of benzene rings is 2. The molecule has 0 atom stereocenters. The zero-order valence-corrected chi connectivity index (χ0v) is 15.2. The molecule has 28 heavy (non-hydrogen) atoms. The Balaban J connectivity index is 1.43. The lowest BCUT2D eigenvalue weighted by atomic mass is 10.1. The Morgan fingerprint density at radius 1 is 0.893 bits per heavy atom. The first kappa shape index (κ1) is 20.1. The molecular formula is C20H21F4N3O. The van der Waals surface area contributed by atoms with E-state index in [1.54, 1.807) is 17.0 Å². The molecule has 0 saturated carbocycles. The largest absolute Gasteiger partial charge is 0.416 e. The number of carbonyl (C=O) groups is 1. The minimum absolute atomic E-state index is 0.182. The molecule has 1 N–H and O–H groups in total. The van der Waals surface area contributed by atoms with Crippen LogP contribution in [0.4, 0.5) is 22.4 Å². The van der Waals surface area contributed by atoms with Crippen LogP contribution < -0.4 is 5.32 Å². The van der Waals surface area contributed by atoms with Crippen molar-refractivity contribution in [2.75, 3.05) is 26.2 Å². The Kier molecular flexibility index (Phi) is 6.18. The van der Waals surface area contributed by atoms with E-state index in [0.29, 0.717) is 39.3 Å². The van der Waals surface area contributed by atoms with E-state index in [1.807, 2.05) is 0 Å². The zero-order valence-electron chi connectivity index (χ0n) is 15.2. The van der Waals surface area contributed by atoms with Gasteiger partial charge in [0.15, 0.2) is 0 Å². The first-order valence-electron chi connectivity index (χ1n) is 8.97. The van der Waals surface area contributed by atoms with Crippen molar-refractivity contribution in [1.29, 1.82) is 0 Å². The highest BCUT2D eigenvalue weighted by atomic mass is 19.4. The van der Waals surface area contributed by atoms with E-state index in [9.17, 15) is 22.4 Å². The Morgan fingerprint density at radius 2 is 1.46 bits per heavy atom. The van der Waals surface area contributed by atoms with E-state index >= 15 is 0 Å². The summed E-state index contributed by atoms with van der Waals surface area (Å²) in [7, 11) is 0. The van der Waals surface area contributed by atoms with Crippen molar-refractivity contribution in [3.05, 3.63) is 71.0 Å². The second-order valence-electron chi connectivity index (χ2n) is 6.74. The summed E-state index contributed by atoms with van der Waals surface area (Å²) in [5.74, 6) is -0.320. The number of urea groups is 1. The van der Waals surface area contributed by atoms with Crippen molar-refractivity contribution in [3.8, 4) is 0 Å². The molecule has 1 saturated heterocycles. The first-order chi connectivity index (χ1) is 13.3. The summed E-state index contributed by atoms with van der Waals surface area (Å²) in [4.78, 5) is 16.1. The van der Waals surface area contributed by atoms with Crippen molar-refractivity contribution in [2.45, 2.75) is 19.3 Å². The smallest absolute Gasteiger partial charge is 0.334 e. The van der Waals surface area contributed by atoms with Crippen LogP contribution in [0.25, 0.3) is 0 Å². The Hall–Kier alpha value is -2.61. The van der Waals surface area contributed by atoms with Crippen LogP contribution in [0.5, 0.6) is 0 Å². The predicted molar refractivity (Wildman–Crippen MR) is 96.9 cm³/mol. The summed E-state index contributed by atoms with van der Waals surface area (Å²) >= 11 is 0. The number of amides is 2. The van der Waals surface area contributed by atoms with Crippen LogP contribution in [0.2, 0.25) is 0 Å². The van der Waals surface area contributed by atoms with Crippen LogP contribution in [0, 0.1) is 5.82 Å². The number of nitrogens with zero attached hydrogens (tertiary/aromatic N) is 2. The highest BCUT2D eigenvalue weighted by Crippen LogP contribution is 2.29. The molecule has 0 bridgehead atoms. The zero-order chi connectivity index (χ0) is 20.1. The summed E-state index contributed by atoms with van der Waals surface area (Å²) in [5.41, 5.74) is 0.969. The molecule has 2 aromatic rings. The predicted octanol–water partition coefficient (Wildman–Crippen LogP) is 3.87. The number of piperazine rings is 1. The van der Waals surface area contributed by atoms with Crippen LogP contribution in [0.3, 0.4) is 0 Å². The monoisotopic (exact) mass is 395 g/mol. The highest BCUT2D eigenvalue weighted by Gasteiger charge is 2.30. The van der Waals surface area contributed by atoms with Gasteiger partial charge in [0, 0.05) is 39.3 Å². The maximum Gasteiger partial charge on any atom is 0.416 e. The third kappa shape index (κ3) is 5.45. The fourth-order valence-corrected chi connectivity index (χ4v) is 3.06. The Morgan fingerprint density at radius 3 is 2.04 bits per heavy atom. The van der Waals surface area contributed by atoms with Crippen LogP contribution in [-0.4, -0.2) is 42.0 Å². The second kappa shape index (κ2) is 8.60. The van der Waals surface area contributed by atoms with Crippen LogP contribution in [-0.2, 0) is 19.3 Å². The van der Waals surface area contributed by atoms with Gasteiger partial charge >= 0.3 is 12.2 Å². The lowest BCUT2D eigenvalue weighted by Gasteiger charge is -2.34. The van der Waals surface area contributed by atoms with Gasteiger partial charge in [-0.3, -0.25) is 4.90 Å². The van der Waals surface area contributed by atoms with Crippen molar-refractivity contribution < 1.29 is 22.4 Å². The summed E-state index contributed by atoms with van der Waals surface area (Å²) < 4.78 is 50.7. The molecular weight excluding hydrogens is 374 g/mol. The highest BCUT2D eigenvalue weighted by molar-refractivity contribution is 5.74. The summed E-state index contributed by atoms with van der Waals surface area (Å²) in [6.45, 7) is 3.23. The van der Waals surface area contributed by atoms with Gasteiger partial charge in [-0.1, -0.05) is 24.3 Å². The normalized spacial score (nSPS) is 15.5. The third-order valence-electron chi connectivity index (χ3n) is 4.70. The molecule has 0 unspecified atom stereocenters. The van der Waals surface area contributed by atoms with E-state index < -0.39 is 11.7 Å². The Labute approximate surface area is 160 Å². The minimum atomic E-state index is -4.33. The van der Waals surface area contributed by atoms with Gasteiger partial charge in [-0.05, 0) is 35.4 Å². The topological polar surface area (TPSA) is 35.6 Å². The molecule has 0 aromatic heterocycles. The molecule has 2 aromatic carbocycles. The molecule has 3 rings (SSSR count). The van der Waals surface area contributed by atoms with Gasteiger partial charge in [0.25, 0.3) is 0 Å². The maximum atomic E-state index is 12.9. The molecule has 0 spiro atoms. The number of rotatable bonds is 4. The number of hydrogen-bond donors (Lipinski definition) is 1. The van der Waals surface area contributed by atoms with E-state index in [1.165, 1.54) is 24.3 Å². The molecule has 2 amide bonds. The average Bonchev–Trinajstić information content (AvgIpc) is 2.67. The molecule has 1 heterocycles. The van der Waals surface area contributed by atoms with Gasteiger partial charge in [0.05, 0.1) is 5.56 Å². The van der Waals surface area contributed by atoms with Crippen LogP contribution >= 0.6 is 0 Å². The van der Waals surface area contributed by atoms with E-state index in [-0.39, 0.29) is 11.8 Å². The van der Waals surface area contributed by atoms with Gasteiger partial charge in [0.2, 0.25) is 0 Å². The number of hydrogen-bond acceptors (Lipinski definition) is 2. The minimum Gasteiger partial charge on any atom is -0.334 e. The molecule has 1 aliphatic rings. The standard InChI is InChI=1S/C20H21F4N3O/c21-18-7-3-15(4-8-18)13-25-19(28)27-11-9-26(10-12-27)14-16-1-5-17(6-2-16)20(22,23)24/h1-8H,9-14H2,(H,25,28). The van der Waals surface area contributed by atoms with Gasteiger partial charge < -0.3 is 10.2 Å². The fraction of sp³-hybridized carbons (Fsp3) is 0.350. The van der Waals surface area contributed by atoms with Crippen molar-refractivity contribution in [1.82, 2.24) is 15.1 Å². The van der Waals surface area contributed by atoms with Crippen molar-refractivity contribution in [2.24, 2.45) is 0 Å². The summed E-state index contributed by atoms with van der Waals surface area (Å²) in [5, 5.41) is 2.81. The van der Waals surface area contributed by atoms with Gasteiger partial charge in [-0.25, -0.2) is 9.18 Å².